The average Bonchev–Trinajstić information content (AvgIpc) is 2.32. The molecule has 1 aromatic rings. The van der Waals surface area contributed by atoms with E-state index in [2.05, 4.69) is 35.9 Å². The minimum Gasteiger partial charge on any atom is -0.368 e. The summed E-state index contributed by atoms with van der Waals surface area (Å²) in [6.07, 6.45) is 0.872. The van der Waals surface area contributed by atoms with Gasteiger partial charge in [0.15, 0.2) is 0 Å². The standard InChI is InChI=1S/C15H24ClN3/c1-11(17)8-13-9-14(16)4-5-15(13)19-7-6-18(3)12(2)10-19/h4-5,9,11-12H,6-8,10,17H2,1-3H3. The number of piperazine rings is 1. The predicted octanol–water partition coefficient (Wildman–Crippen LogP) is 2.37. The second kappa shape index (κ2) is 6.12. The van der Waals surface area contributed by atoms with Crippen molar-refractivity contribution in [1.82, 2.24) is 4.90 Å². The van der Waals surface area contributed by atoms with E-state index in [1.54, 1.807) is 0 Å². The number of rotatable bonds is 3. The first kappa shape index (κ1) is 14.6. The van der Waals surface area contributed by atoms with Gasteiger partial charge in [-0.25, -0.2) is 0 Å². The van der Waals surface area contributed by atoms with Gasteiger partial charge in [-0.1, -0.05) is 11.6 Å². The second-order valence-corrected chi connectivity index (χ2v) is 6.17. The molecule has 0 amide bonds. The van der Waals surface area contributed by atoms with Crippen LogP contribution in [0.5, 0.6) is 0 Å². The van der Waals surface area contributed by atoms with Crippen LogP contribution < -0.4 is 10.6 Å². The van der Waals surface area contributed by atoms with Crippen LogP contribution in [0.25, 0.3) is 0 Å². The Kier molecular flexibility index (Phi) is 4.71. The lowest BCUT2D eigenvalue weighted by atomic mass is 10.0. The number of anilines is 1. The molecule has 1 fully saturated rings. The molecule has 0 saturated carbocycles. The summed E-state index contributed by atoms with van der Waals surface area (Å²) in [6, 6.07) is 6.90. The van der Waals surface area contributed by atoms with Gasteiger partial charge in [0, 0.05) is 42.4 Å². The maximum Gasteiger partial charge on any atom is 0.0410 e. The molecule has 0 bridgehead atoms. The van der Waals surface area contributed by atoms with E-state index in [4.69, 9.17) is 17.3 Å². The van der Waals surface area contributed by atoms with Crippen LogP contribution in [0.2, 0.25) is 5.02 Å². The number of hydrogen-bond acceptors (Lipinski definition) is 3. The van der Waals surface area contributed by atoms with Gasteiger partial charge in [0.05, 0.1) is 0 Å². The molecule has 1 aliphatic rings. The fourth-order valence-corrected chi connectivity index (χ4v) is 2.83. The molecule has 1 aliphatic heterocycles. The van der Waals surface area contributed by atoms with E-state index in [0.29, 0.717) is 6.04 Å². The summed E-state index contributed by atoms with van der Waals surface area (Å²) in [5.41, 5.74) is 8.51. The van der Waals surface area contributed by atoms with Gasteiger partial charge in [0.1, 0.15) is 0 Å². The van der Waals surface area contributed by atoms with Gasteiger partial charge < -0.3 is 15.5 Å². The van der Waals surface area contributed by atoms with Gasteiger partial charge in [0.25, 0.3) is 0 Å². The maximum absolute atomic E-state index is 6.12. The minimum atomic E-state index is 0.155. The first-order chi connectivity index (χ1) is 8.97. The molecular weight excluding hydrogens is 258 g/mol. The van der Waals surface area contributed by atoms with Crippen molar-refractivity contribution in [1.29, 1.82) is 0 Å². The summed E-state index contributed by atoms with van der Waals surface area (Å²) < 4.78 is 0. The van der Waals surface area contributed by atoms with Gasteiger partial charge in [-0.3, -0.25) is 0 Å². The van der Waals surface area contributed by atoms with Crippen LogP contribution in [0.3, 0.4) is 0 Å². The zero-order chi connectivity index (χ0) is 14.0. The third-order valence-electron chi connectivity index (χ3n) is 3.88. The van der Waals surface area contributed by atoms with E-state index in [1.807, 2.05) is 13.0 Å². The monoisotopic (exact) mass is 281 g/mol. The normalized spacial score (nSPS) is 22.6. The van der Waals surface area contributed by atoms with Crippen molar-refractivity contribution >= 4 is 17.3 Å². The number of nitrogens with two attached hydrogens (primary N) is 1. The molecule has 2 N–H and O–H groups in total. The quantitative estimate of drug-likeness (QED) is 0.923. The molecule has 2 unspecified atom stereocenters. The van der Waals surface area contributed by atoms with E-state index in [1.165, 1.54) is 11.3 Å². The number of halogens is 1. The van der Waals surface area contributed by atoms with Crippen molar-refractivity contribution in [2.24, 2.45) is 5.73 Å². The van der Waals surface area contributed by atoms with E-state index >= 15 is 0 Å². The van der Waals surface area contributed by atoms with Crippen molar-refractivity contribution in [3.05, 3.63) is 28.8 Å². The van der Waals surface area contributed by atoms with Crippen LogP contribution >= 0.6 is 11.6 Å². The number of likely N-dealkylation sites (N-methyl/N-ethyl adjacent to an activating group) is 1. The van der Waals surface area contributed by atoms with Crippen molar-refractivity contribution < 1.29 is 0 Å². The Bertz CT molecular complexity index is 433. The molecule has 1 saturated heterocycles. The van der Waals surface area contributed by atoms with Crippen LogP contribution in [0.15, 0.2) is 18.2 Å². The summed E-state index contributed by atoms with van der Waals surface area (Å²) in [7, 11) is 2.19. The fourth-order valence-electron chi connectivity index (χ4n) is 2.64. The fraction of sp³-hybridized carbons (Fsp3) is 0.600. The Morgan fingerprint density at radius 1 is 1.42 bits per heavy atom. The molecule has 19 heavy (non-hydrogen) atoms. The lowest BCUT2D eigenvalue weighted by Crippen LogP contribution is -2.50. The van der Waals surface area contributed by atoms with Gasteiger partial charge in [-0.15, -0.1) is 0 Å². The highest BCUT2D eigenvalue weighted by atomic mass is 35.5. The third kappa shape index (κ3) is 3.62. The molecule has 1 heterocycles. The lowest BCUT2D eigenvalue weighted by Gasteiger charge is -2.40. The van der Waals surface area contributed by atoms with Crippen LogP contribution in [0, 0.1) is 0 Å². The number of benzene rings is 1. The molecule has 106 valence electrons. The summed E-state index contributed by atoms with van der Waals surface area (Å²) in [4.78, 5) is 4.86. The number of nitrogens with zero attached hydrogens (tertiary/aromatic N) is 2. The molecule has 0 aromatic heterocycles. The first-order valence-electron chi connectivity index (χ1n) is 6.96. The second-order valence-electron chi connectivity index (χ2n) is 5.73. The van der Waals surface area contributed by atoms with E-state index in [9.17, 15) is 0 Å². The smallest absolute Gasteiger partial charge is 0.0410 e. The molecule has 4 heteroatoms. The molecule has 2 atom stereocenters. The van der Waals surface area contributed by atoms with Crippen LogP contribution in [0.1, 0.15) is 19.4 Å². The molecule has 2 rings (SSSR count). The van der Waals surface area contributed by atoms with E-state index in [0.717, 1.165) is 31.1 Å². The number of hydrogen-bond donors (Lipinski definition) is 1. The largest absolute Gasteiger partial charge is 0.368 e. The molecule has 0 spiro atoms. The Hall–Kier alpha value is -0.770. The third-order valence-corrected chi connectivity index (χ3v) is 4.12. The Labute approximate surface area is 121 Å². The summed E-state index contributed by atoms with van der Waals surface area (Å²) in [5, 5.41) is 0.793. The highest BCUT2D eigenvalue weighted by Gasteiger charge is 2.22. The van der Waals surface area contributed by atoms with Crippen molar-refractivity contribution in [3.8, 4) is 0 Å². The lowest BCUT2D eigenvalue weighted by molar-refractivity contribution is 0.234. The summed E-state index contributed by atoms with van der Waals surface area (Å²) >= 11 is 6.12. The predicted molar refractivity (Wildman–Crippen MR) is 83.1 cm³/mol. The SMILES string of the molecule is CC(N)Cc1cc(Cl)ccc1N1CCN(C)C(C)C1. The zero-order valence-electron chi connectivity index (χ0n) is 12.1. The van der Waals surface area contributed by atoms with Crippen molar-refractivity contribution in [2.75, 3.05) is 31.6 Å². The minimum absolute atomic E-state index is 0.155. The molecule has 0 radical (unpaired) electrons. The first-order valence-corrected chi connectivity index (χ1v) is 7.34. The van der Waals surface area contributed by atoms with Crippen molar-refractivity contribution in [3.63, 3.8) is 0 Å². The van der Waals surface area contributed by atoms with Crippen LogP contribution in [0.4, 0.5) is 5.69 Å². The molecule has 1 aromatic carbocycles. The Morgan fingerprint density at radius 2 is 2.16 bits per heavy atom. The van der Waals surface area contributed by atoms with Gasteiger partial charge in [-0.2, -0.15) is 0 Å². The van der Waals surface area contributed by atoms with Gasteiger partial charge >= 0.3 is 0 Å². The van der Waals surface area contributed by atoms with Gasteiger partial charge in [-0.05, 0) is 51.1 Å². The average molecular weight is 282 g/mol. The highest BCUT2D eigenvalue weighted by Crippen LogP contribution is 2.27. The van der Waals surface area contributed by atoms with Crippen LogP contribution in [-0.2, 0) is 6.42 Å². The van der Waals surface area contributed by atoms with Crippen molar-refractivity contribution in [2.45, 2.75) is 32.4 Å². The Balaban J connectivity index is 2.23. The van der Waals surface area contributed by atoms with Gasteiger partial charge in [0.2, 0.25) is 0 Å². The summed E-state index contributed by atoms with van der Waals surface area (Å²) in [6.45, 7) is 7.53. The Morgan fingerprint density at radius 3 is 2.79 bits per heavy atom. The molecule has 3 nitrogen and oxygen atoms in total. The van der Waals surface area contributed by atoms with Crippen LogP contribution in [-0.4, -0.2) is 43.7 Å². The zero-order valence-corrected chi connectivity index (χ0v) is 12.8. The van der Waals surface area contributed by atoms with E-state index < -0.39 is 0 Å². The van der Waals surface area contributed by atoms with E-state index in [-0.39, 0.29) is 6.04 Å². The molecular formula is C15H24ClN3. The maximum atomic E-state index is 6.12. The summed E-state index contributed by atoms with van der Waals surface area (Å²) in [5.74, 6) is 0. The molecule has 0 aliphatic carbocycles. The topological polar surface area (TPSA) is 32.5 Å². The highest BCUT2D eigenvalue weighted by molar-refractivity contribution is 6.30.